The molecule has 1 N–H and O–H groups in total. The first-order chi connectivity index (χ1) is 13.8. The Hall–Kier alpha value is -2.71. The van der Waals surface area contributed by atoms with Gasteiger partial charge in [-0.25, -0.2) is 0 Å². The molecule has 1 aromatic heterocycles. The molecule has 0 aliphatic carbocycles. The predicted octanol–water partition coefficient (Wildman–Crippen LogP) is 2.39. The van der Waals surface area contributed by atoms with E-state index in [1.165, 1.54) is 0 Å². The van der Waals surface area contributed by atoms with Crippen molar-refractivity contribution in [2.75, 3.05) is 26.2 Å². The lowest BCUT2D eigenvalue weighted by Gasteiger charge is -2.21. The fraction of sp³-hybridized carbons (Fsp3) is 0.300. The van der Waals surface area contributed by atoms with Gasteiger partial charge in [-0.05, 0) is 47.7 Å². The first kappa shape index (κ1) is 18.6. The van der Waals surface area contributed by atoms with Crippen LogP contribution in [0.3, 0.4) is 0 Å². The lowest BCUT2D eigenvalue weighted by atomic mass is 10.2. The maximum atomic E-state index is 13.1. The smallest absolute Gasteiger partial charge is 0.255 e. The van der Waals surface area contributed by atoms with Crippen LogP contribution in [0.2, 0.25) is 0 Å². The average molecular weight is 395 g/mol. The Bertz CT molecular complexity index is 921. The van der Waals surface area contributed by atoms with Gasteiger partial charge in [-0.3, -0.25) is 4.79 Å². The number of para-hydroxylation sites is 1. The molecule has 2 heterocycles. The van der Waals surface area contributed by atoms with E-state index < -0.39 is 0 Å². The van der Waals surface area contributed by atoms with Crippen LogP contribution in [0.4, 0.5) is 0 Å². The van der Waals surface area contributed by atoms with E-state index in [-0.39, 0.29) is 5.91 Å². The van der Waals surface area contributed by atoms with Crippen LogP contribution >= 0.6 is 11.8 Å². The normalized spacial score (nSPS) is 14.6. The van der Waals surface area contributed by atoms with Crippen molar-refractivity contribution >= 4 is 17.7 Å². The highest BCUT2D eigenvalue weighted by Gasteiger charge is 2.20. The second kappa shape index (κ2) is 8.99. The third-order valence-electron chi connectivity index (χ3n) is 4.64. The van der Waals surface area contributed by atoms with E-state index in [9.17, 15) is 4.79 Å². The molecule has 7 nitrogen and oxygen atoms in total. The number of thioether (sulfide) groups is 1. The number of tetrazole rings is 1. The van der Waals surface area contributed by atoms with Gasteiger partial charge < -0.3 is 10.2 Å². The van der Waals surface area contributed by atoms with Gasteiger partial charge in [0.15, 0.2) is 5.82 Å². The zero-order valence-electron chi connectivity index (χ0n) is 15.5. The third kappa shape index (κ3) is 4.23. The summed E-state index contributed by atoms with van der Waals surface area (Å²) in [5.41, 5.74) is 1.66. The Kier molecular flexibility index (Phi) is 5.98. The minimum absolute atomic E-state index is 0.0921. The van der Waals surface area contributed by atoms with Crippen molar-refractivity contribution in [3.8, 4) is 5.69 Å². The lowest BCUT2D eigenvalue weighted by Crippen LogP contribution is -2.34. The van der Waals surface area contributed by atoms with E-state index in [1.54, 1.807) is 16.4 Å². The molecule has 144 valence electrons. The number of nitrogens with zero attached hydrogens (tertiary/aromatic N) is 5. The fourth-order valence-corrected chi connectivity index (χ4v) is 4.15. The molecule has 0 atom stereocenters. The van der Waals surface area contributed by atoms with Gasteiger partial charge in [0.1, 0.15) is 0 Å². The number of hydrogen-bond donors (Lipinski definition) is 1. The molecule has 0 unspecified atom stereocenters. The highest BCUT2D eigenvalue weighted by atomic mass is 32.2. The number of nitrogens with one attached hydrogen (secondary N) is 1. The summed E-state index contributed by atoms with van der Waals surface area (Å²) in [4.78, 5) is 16.0. The topological polar surface area (TPSA) is 75.9 Å². The maximum Gasteiger partial charge on any atom is 0.255 e. The van der Waals surface area contributed by atoms with Crippen LogP contribution < -0.4 is 5.32 Å². The van der Waals surface area contributed by atoms with E-state index in [4.69, 9.17) is 0 Å². The summed E-state index contributed by atoms with van der Waals surface area (Å²) in [6.45, 7) is 3.33. The molecular weight excluding hydrogens is 372 g/mol. The molecule has 0 radical (unpaired) electrons. The Morgan fingerprint density at radius 1 is 1.04 bits per heavy atom. The summed E-state index contributed by atoms with van der Waals surface area (Å²) in [5, 5.41) is 15.4. The minimum atomic E-state index is 0.0921. The highest BCUT2D eigenvalue weighted by molar-refractivity contribution is 7.98. The van der Waals surface area contributed by atoms with Gasteiger partial charge in [-0.2, -0.15) is 4.68 Å². The van der Waals surface area contributed by atoms with E-state index >= 15 is 0 Å². The largest absolute Gasteiger partial charge is 0.337 e. The van der Waals surface area contributed by atoms with E-state index in [1.807, 2.05) is 59.5 Å². The summed E-state index contributed by atoms with van der Waals surface area (Å²) < 4.78 is 1.73. The van der Waals surface area contributed by atoms with Gasteiger partial charge in [0.05, 0.1) is 17.0 Å². The van der Waals surface area contributed by atoms with E-state index in [0.29, 0.717) is 5.75 Å². The maximum absolute atomic E-state index is 13.1. The fourth-order valence-electron chi connectivity index (χ4n) is 3.20. The number of aromatic nitrogens is 4. The molecule has 1 aliphatic rings. The quantitative estimate of drug-likeness (QED) is 0.670. The average Bonchev–Trinajstić information content (AvgIpc) is 3.05. The van der Waals surface area contributed by atoms with Crippen molar-refractivity contribution in [3.63, 3.8) is 0 Å². The molecule has 4 rings (SSSR count). The van der Waals surface area contributed by atoms with E-state index in [2.05, 4.69) is 20.8 Å². The van der Waals surface area contributed by atoms with Gasteiger partial charge in [-0.1, -0.05) is 30.3 Å². The molecule has 8 heteroatoms. The molecule has 1 fully saturated rings. The Labute approximate surface area is 168 Å². The van der Waals surface area contributed by atoms with Gasteiger partial charge >= 0.3 is 0 Å². The number of amides is 1. The summed E-state index contributed by atoms with van der Waals surface area (Å²) in [6, 6.07) is 17.6. The monoisotopic (exact) mass is 394 g/mol. The summed E-state index contributed by atoms with van der Waals surface area (Å²) in [6.07, 6.45) is 0.979. The second-order valence-electron chi connectivity index (χ2n) is 6.52. The number of carbonyl (C=O) groups is 1. The molecule has 2 aromatic carbocycles. The zero-order valence-corrected chi connectivity index (χ0v) is 16.3. The number of rotatable bonds is 5. The zero-order chi connectivity index (χ0) is 19.2. The van der Waals surface area contributed by atoms with Crippen LogP contribution in [-0.4, -0.2) is 57.2 Å². The summed E-state index contributed by atoms with van der Waals surface area (Å²) in [7, 11) is 0. The SMILES string of the molecule is O=C(c1ccccc1SCc1nnnn1-c1ccccc1)N1CCCNCC1. The van der Waals surface area contributed by atoms with Crippen LogP contribution in [0.1, 0.15) is 22.6 Å². The number of benzene rings is 2. The van der Waals surface area contributed by atoms with Crippen molar-refractivity contribution in [2.45, 2.75) is 17.1 Å². The van der Waals surface area contributed by atoms with Crippen molar-refractivity contribution in [1.29, 1.82) is 0 Å². The minimum Gasteiger partial charge on any atom is -0.337 e. The Morgan fingerprint density at radius 2 is 1.86 bits per heavy atom. The Morgan fingerprint density at radius 3 is 2.75 bits per heavy atom. The van der Waals surface area contributed by atoms with Crippen LogP contribution in [0.5, 0.6) is 0 Å². The predicted molar refractivity (Wildman–Crippen MR) is 109 cm³/mol. The molecule has 1 saturated heterocycles. The first-order valence-electron chi connectivity index (χ1n) is 9.37. The molecule has 0 saturated carbocycles. The standard InChI is InChI=1S/C20H22N6OS/c27-20(25-13-6-11-21-12-14-25)17-9-4-5-10-18(17)28-15-19-22-23-24-26(19)16-7-2-1-3-8-16/h1-5,7-10,21H,6,11-15H2. The molecule has 0 bridgehead atoms. The molecule has 1 amide bonds. The Balaban J connectivity index is 1.51. The second-order valence-corrected chi connectivity index (χ2v) is 7.54. The summed E-state index contributed by atoms with van der Waals surface area (Å²) >= 11 is 1.58. The first-order valence-corrected chi connectivity index (χ1v) is 10.4. The van der Waals surface area contributed by atoms with Gasteiger partial charge in [-0.15, -0.1) is 16.9 Å². The third-order valence-corrected chi connectivity index (χ3v) is 5.71. The molecular formula is C20H22N6OS. The molecule has 3 aromatic rings. The van der Waals surface area contributed by atoms with Crippen LogP contribution in [-0.2, 0) is 5.75 Å². The van der Waals surface area contributed by atoms with Gasteiger partial charge in [0, 0.05) is 24.5 Å². The van der Waals surface area contributed by atoms with Crippen LogP contribution in [0.15, 0.2) is 59.5 Å². The molecule has 1 aliphatic heterocycles. The van der Waals surface area contributed by atoms with E-state index in [0.717, 1.165) is 54.6 Å². The molecule has 28 heavy (non-hydrogen) atoms. The number of hydrogen-bond acceptors (Lipinski definition) is 6. The highest BCUT2D eigenvalue weighted by Crippen LogP contribution is 2.27. The molecule has 0 spiro atoms. The van der Waals surface area contributed by atoms with Crippen molar-refractivity contribution in [3.05, 3.63) is 66.0 Å². The number of carbonyl (C=O) groups excluding carboxylic acids is 1. The van der Waals surface area contributed by atoms with Crippen LogP contribution in [0, 0.1) is 0 Å². The summed E-state index contributed by atoms with van der Waals surface area (Å²) in [5.74, 6) is 1.42. The van der Waals surface area contributed by atoms with Crippen molar-refractivity contribution in [2.24, 2.45) is 0 Å². The van der Waals surface area contributed by atoms with Crippen molar-refractivity contribution in [1.82, 2.24) is 30.4 Å². The van der Waals surface area contributed by atoms with Gasteiger partial charge in [0.2, 0.25) is 0 Å². The van der Waals surface area contributed by atoms with Gasteiger partial charge in [0.25, 0.3) is 5.91 Å². The van der Waals surface area contributed by atoms with Crippen molar-refractivity contribution < 1.29 is 4.79 Å². The van der Waals surface area contributed by atoms with Crippen LogP contribution in [0.25, 0.3) is 5.69 Å². The lowest BCUT2D eigenvalue weighted by molar-refractivity contribution is 0.0763.